The molecule has 404 valence electrons. The van der Waals surface area contributed by atoms with Gasteiger partial charge in [-0.3, -0.25) is 14.4 Å². The van der Waals surface area contributed by atoms with Gasteiger partial charge in [0.05, 0.1) is 0 Å². The molecule has 0 aliphatic rings. The molecule has 0 aliphatic heterocycles. The molecule has 0 unspecified atom stereocenters. The Kier molecular flexibility index (Phi) is 52.0. The average Bonchev–Trinajstić information content (AvgIpc) is 3.30. The van der Waals surface area contributed by atoms with Crippen molar-refractivity contribution in [2.75, 3.05) is 13.2 Å². The molecule has 0 fully saturated rings. The van der Waals surface area contributed by atoms with Crippen LogP contribution in [0.4, 0.5) is 0 Å². The lowest BCUT2D eigenvalue weighted by atomic mass is 10.0. The lowest BCUT2D eigenvalue weighted by Crippen LogP contribution is -2.30. The fourth-order valence-electron chi connectivity index (χ4n) is 9.53. The van der Waals surface area contributed by atoms with E-state index in [1.807, 2.05) is 0 Å². The molecular weight excluding hydrogens is 841 g/mol. The van der Waals surface area contributed by atoms with Gasteiger partial charge in [0.2, 0.25) is 0 Å². The van der Waals surface area contributed by atoms with Crippen LogP contribution in [0.3, 0.4) is 0 Å². The van der Waals surface area contributed by atoms with Crippen molar-refractivity contribution in [3.05, 3.63) is 0 Å². The second kappa shape index (κ2) is 53.2. The first kappa shape index (κ1) is 66.4. The van der Waals surface area contributed by atoms with Gasteiger partial charge < -0.3 is 14.2 Å². The highest BCUT2D eigenvalue weighted by Gasteiger charge is 2.19. The Hall–Kier alpha value is -1.59. The van der Waals surface area contributed by atoms with Crippen LogP contribution in [-0.2, 0) is 28.6 Å². The summed E-state index contributed by atoms with van der Waals surface area (Å²) in [4.78, 5) is 38.2. The molecule has 0 aromatic carbocycles. The van der Waals surface area contributed by atoms with Gasteiger partial charge in [-0.1, -0.05) is 305 Å². The summed E-state index contributed by atoms with van der Waals surface area (Å²) in [6, 6.07) is 0. The molecule has 0 N–H and O–H groups in total. The fourth-order valence-corrected chi connectivity index (χ4v) is 9.53. The van der Waals surface area contributed by atoms with E-state index in [-0.39, 0.29) is 31.1 Å². The molecule has 0 saturated carbocycles. The molecule has 6 heteroatoms. The van der Waals surface area contributed by atoms with Gasteiger partial charge >= 0.3 is 17.9 Å². The van der Waals surface area contributed by atoms with Crippen molar-refractivity contribution < 1.29 is 28.6 Å². The van der Waals surface area contributed by atoms with Crippen molar-refractivity contribution in [2.45, 2.75) is 349 Å². The summed E-state index contributed by atoms with van der Waals surface area (Å²) in [7, 11) is 0. The minimum absolute atomic E-state index is 0.0630. The molecule has 1 atom stereocenters. The number of ether oxygens (including phenoxy) is 3. The van der Waals surface area contributed by atoms with Crippen LogP contribution in [0.15, 0.2) is 0 Å². The Morgan fingerprint density at radius 1 is 0.250 bits per heavy atom. The Bertz CT molecular complexity index is 1050. The van der Waals surface area contributed by atoms with Gasteiger partial charge in [-0.25, -0.2) is 0 Å². The van der Waals surface area contributed by atoms with Crippen molar-refractivity contribution in [1.82, 2.24) is 0 Å². The van der Waals surface area contributed by atoms with Crippen molar-refractivity contribution in [2.24, 2.45) is 17.8 Å². The Morgan fingerprint density at radius 2 is 0.426 bits per heavy atom. The van der Waals surface area contributed by atoms with Crippen molar-refractivity contribution >= 4 is 17.9 Å². The highest BCUT2D eigenvalue weighted by molar-refractivity contribution is 5.71. The van der Waals surface area contributed by atoms with Crippen LogP contribution in [0.25, 0.3) is 0 Å². The largest absolute Gasteiger partial charge is 0.462 e. The zero-order valence-electron chi connectivity index (χ0n) is 46.9. The fraction of sp³-hybridized carbons (Fsp3) is 0.952. The lowest BCUT2D eigenvalue weighted by Gasteiger charge is -2.18. The van der Waals surface area contributed by atoms with Crippen LogP contribution < -0.4 is 0 Å². The van der Waals surface area contributed by atoms with Gasteiger partial charge in [0.25, 0.3) is 0 Å². The normalized spacial score (nSPS) is 12.1. The van der Waals surface area contributed by atoms with Gasteiger partial charge in [0, 0.05) is 19.3 Å². The quantitative estimate of drug-likeness (QED) is 0.0343. The van der Waals surface area contributed by atoms with E-state index in [1.165, 1.54) is 225 Å². The molecule has 0 spiro atoms. The smallest absolute Gasteiger partial charge is 0.306 e. The molecule has 0 bridgehead atoms. The first-order valence-corrected chi connectivity index (χ1v) is 30.6. The Balaban J connectivity index is 4.29. The number of hydrogen-bond donors (Lipinski definition) is 0. The molecule has 0 heterocycles. The number of rotatable bonds is 55. The van der Waals surface area contributed by atoms with E-state index in [1.54, 1.807) is 0 Å². The Labute approximate surface area is 425 Å². The molecule has 0 amide bonds. The van der Waals surface area contributed by atoms with E-state index in [0.717, 1.165) is 75.5 Å². The van der Waals surface area contributed by atoms with Gasteiger partial charge in [-0.15, -0.1) is 0 Å². The predicted molar refractivity (Wildman–Crippen MR) is 293 cm³/mol. The van der Waals surface area contributed by atoms with Crippen LogP contribution in [-0.4, -0.2) is 37.2 Å². The van der Waals surface area contributed by atoms with E-state index in [9.17, 15) is 14.4 Å². The second-order valence-corrected chi connectivity index (χ2v) is 22.8. The van der Waals surface area contributed by atoms with E-state index >= 15 is 0 Å². The van der Waals surface area contributed by atoms with Gasteiger partial charge in [-0.05, 0) is 37.0 Å². The lowest BCUT2D eigenvalue weighted by molar-refractivity contribution is -0.167. The van der Waals surface area contributed by atoms with Crippen molar-refractivity contribution in [3.63, 3.8) is 0 Å². The highest BCUT2D eigenvalue weighted by atomic mass is 16.6. The summed E-state index contributed by atoms with van der Waals surface area (Å²) < 4.78 is 16.9. The minimum atomic E-state index is -0.764. The summed E-state index contributed by atoms with van der Waals surface area (Å²) in [5.74, 6) is 1.69. The van der Waals surface area contributed by atoms with E-state index in [4.69, 9.17) is 14.2 Å². The second-order valence-electron chi connectivity index (χ2n) is 22.8. The maximum absolute atomic E-state index is 12.9. The van der Waals surface area contributed by atoms with Crippen LogP contribution in [0, 0.1) is 17.8 Å². The summed E-state index contributed by atoms with van der Waals surface area (Å²) in [5.41, 5.74) is 0. The van der Waals surface area contributed by atoms with E-state index in [0.29, 0.717) is 19.3 Å². The predicted octanol–water partition coefficient (Wildman–Crippen LogP) is 20.3. The molecule has 68 heavy (non-hydrogen) atoms. The summed E-state index contributed by atoms with van der Waals surface area (Å²) in [6.07, 6.45) is 56.7. The maximum atomic E-state index is 12.9. The zero-order valence-corrected chi connectivity index (χ0v) is 46.9. The zero-order chi connectivity index (χ0) is 49.8. The topological polar surface area (TPSA) is 78.9 Å². The monoisotopic (exact) mass is 961 g/mol. The van der Waals surface area contributed by atoms with Gasteiger partial charge in [-0.2, -0.15) is 0 Å². The number of unbranched alkanes of at least 4 members (excludes halogenated alkanes) is 38. The Morgan fingerprint density at radius 3 is 0.632 bits per heavy atom. The third-order valence-corrected chi connectivity index (χ3v) is 14.1. The van der Waals surface area contributed by atoms with E-state index in [2.05, 4.69) is 41.5 Å². The highest BCUT2D eigenvalue weighted by Crippen LogP contribution is 2.19. The summed E-state index contributed by atoms with van der Waals surface area (Å²) in [5, 5.41) is 0. The first-order chi connectivity index (χ1) is 33.1. The number of esters is 3. The molecule has 0 rings (SSSR count). The number of carbonyl (C=O) groups excluding carboxylic acids is 3. The molecule has 0 aliphatic carbocycles. The standard InChI is InChI=1S/C62H120O6/c1-56(2)48-42-36-30-24-18-12-9-7-8-10-14-21-27-33-39-45-51-60(63)66-54-59(68-62(65)53-47-41-35-29-23-17-16-20-26-32-38-44-50-58(5)6)55-67-61(64)52-46-40-34-28-22-15-11-13-19-25-31-37-43-49-57(3)4/h56-59H,7-55H2,1-6H3/t59-/m1/s1. The number of carbonyl (C=O) groups is 3. The van der Waals surface area contributed by atoms with Gasteiger partial charge in [0.1, 0.15) is 13.2 Å². The minimum Gasteiger partial charge on any atom is -0.462 e. The SMILES string of the molecule is CC(C)CCCCCCCCCCCCCCCCCCC(=O)OC[C@H](COC(=O)CCCCCCCCCCCCCCCC(C)C)OC(=O)CCCCCCCCCCCCCCC(C)C. The molecule has 0 saturated heterocycles. The average molecular weight is 962 g/mol. The third-order valence-electron chi connectivity index (χ3n) is 14.1. The third kappa shape index (κ3) is 55.3. The van der Waals surface area contributed by atoms with E-state index < -0.39 is 6.10 Å². The van der Waals surface area contributed by atoms with Crippen molar-refractivity contribution in [3.8, 4) is 0 Å². The molecule has 0 aromatic heterocycles. The van der Waals surface area contributed by atoms with Gasteiger partial charge in [0.15, 0.2) is 6.10 Å². The van der Waals surface area contributed by atoms with Crippen molar-refractivity contribution in [1.29, 1.82) is 0 Å². The van der Waals surface area contributed by atoms with Crippen LogP contribution in [0.1, 0.15) is 343 Å². The summed E-state index contributed by atoms with van der Waals surface area (Å²) in [6.45, 7) is 13.8. The first-order valence-electron chi connectivity index (χ1n) is 30.6. The molecule has 6 nitrogen and oxygen atoms in total. The molecular formula is C62H120O6. The molecule has 0 radical (unpaired) electrons. The number of hydrogen-bond acceptors (Lipinski definition) is 6. The van der Waals surface area contributed by atoms with Crippen LogP contribution in [0.5, 0.6) is 0 Å². The summed E-state index contributed by atoms with van der Waals surface area (Å²) >= 11 is 0. The molecule has 0 aromatic rings. The van der Waals surface area contributed by atoms with Crippen LogP contribution in [0.2, 0.25) is 0 Å². The van der Waals surface area contributed by atoms with Crippen LogP contribution >= 0.6 is 0 Å². The maximum Gasteiger partial charge on any atom is 0.306 e.